The van der Waals surface area contributed by atoms with E-state index in [2.05, 4.69) is 20.8 Å². The zero-order valence-corrected chi connectivity index (χ0v) is 12.2. The molecule has 0 atom stereocenters. The molecule has 0 aliphatic carbocycles. The Morgan fingerprint density at radius 3 is 2.95 bits per heavy atom. The van der Waals surface area contributed by atoms with Gasteiger partial charge in [-0.1, -0.05) is 17.4 Å². The van der Waals surface area contributed by atoms with Crippen LogP contribution in [0.2, 0.25) is 0 Å². The van der Waals surface area contributed by atoms with Crippen LogP contribution >= 0.6 is 11.3 Å². The lowest BCUT2D eigenvalue weighted by atomic mass is 10.3. The number of amides is 1. The van der Waals surface area contributed by atoms with E-state index < -0.39 is 0 Å². The lowest BCUT2D eigenvalue weighted by Gasteiger charge is -2.06. The van der Waals surface area contributed by atoms with Gasteiger partial charge in [0.1, 0.15) is 5.75 Å². The van der Waals surface area contributed by atoms with Crippen molar-refractivity contribution >= 4 is 28.1 Å². The van der Waals surface area contributed by atoms with Crippen LogP contribution < -0.4 is 15.4 Å². The topological polar surface area (TPSA) is 76.1 Å². The number of nitrogens with one attached hydrogen (secondary N) is 2. The van der Waals surface area contributed by atoms with Crippen molar-refractivity contribution in [2.75, 3.05) is 23.8 Å². The van der Waals surface area contributed by atoms with E-state index in [0.29, 0.717) is 22.4 Å². The molecule has 0 spiro atoms. The molecule has 0 saturated heterocycles. The second-order valence-electron chi connectivity index (χ2n) is 3.86. The third-order valence-electron chi connectivity index (χ3n) is 2.35. The molecule has 0 fully saturated rings. The van der Waals surface area contributed by atoms with Crippen LogP contribution in [-0.4, -0.2) is 29.3 Å². The van der Waals surface area contributed by atoms with E-state index in [1.165, 1.54) is 11.3 Å². The third-order valence-corrected chi connectivity index (χ3v) is 3.23. The summed E-state index contributed by atoms with van der Waals surface area (Å²) >= 11 is 1.22. The van der Waals surface area contributed by atoms with E-state index in [1.807, 2.05) is 26.0 Å². The van der Waals surface area contributed by atoms with Crippen molar-refractivity contribution in [3.8, 4) is 5.75 Å². The molecule has 0 saturated carbocycles. The average molecular weight is 292 g/mol. The number of rotatable bonds is 6. The van der Waals surface area contributed by atoms with Crippen molar-refractivity contribution in [1.82, 2.24) is 10.2 Å². The van der Waals surface area contributed by atoms with Gasteiger partial charge in [0.05, 0.1) is 6.61 Å². The van der Waals surface area contributed by atoms with Crippen molar-refractivity contribution in [1.29, 1.82) is 0 Å². The number of ether oxygens (including phenoxy) is 1. The van der Waals surface area contributed by atoms with E-state index >= 15 is 0 Å². The molecule has 1 heterocycles. The first-order valence-corrected chi connectivity index (χ1v) is 7.16. The van der Waals surface area contributed by atoms with Crippen molar-refractivity contribution in [3.05, 3.63) is 29.3 Å². The normalized spacial score (nSPS) is 10.1. The molecule has 1 aromatic heterocycles. The lowest BCUT2D eigenvalue weighted by Crippen LogP contribution is -2.11. The number of anilines is 2. The molecule has 7 heteroatoms. The van der Waals surface area contributed by atoms with Gasteiger partial charge >= 0.3 is 0 Å². The second kappa shape index (κ2) is 6.85. The first-order chi connectivity index (χ1) is 9.72. The largest absolute Gasteiger partial charge is 0.494 e. The van der Waals surface area contributed by atoms with E-state index in [1.54, 1.807) is 12.1 Å². The van der Waals surface area contributed by atoms with Gasteiger partial charge in [0, 0.05) is 18.3 Å². The summed E-state index contributed by atoms with van der Waals surface area (Å²) in [6.45, 7) is 5.20. The van der Waals surface area contributed by atoms with Gasteiger partial charge < -0.3 is 15.4 Å². The maximum absolute atomic E-state index is 12.0. The Hall–Kier alpha value is -2.15. The van der Waals surface area contributed by atoms with Gasteiger partial charge in [0.25, 0.3) is 5.91 Å². The maximum Gasteiger partial charge on any atom is 0.286 e. The second-order valence-corrected chi connectivity index (χ2v) is 4.84. The molecule has 20 heavy (non-hydrogen) atoms. The number of hydrogen-bond donors (Lipinski definition) is 2. The zero-order valence-electron chi connectivity index (χ0n) is 11.3. The standard InChI is InChI=1S/C13H16N4O2S/c1-3-14-13-17-16-12(20-13)11(18)15-9-6-5-7-10(8-9)19-4-2/h5-8H,3-4H2,1-2H3,(H,14,17)(H,15,18). The van der Waals surface area contributed by atoms with Gasteiger partial charge in [-0.05, 0) is 26.0 Å². The Morgan fingerprint density at radius 1 is 1.35 bits per heavy atom. The number of aromatic nitrogens is 2. The Bertz CT molecular complexity index is 585. The minimum atomic E-state index is -0.277. The molecule has 1 amide bonds. The van der Waals surface area contributed by atoms with Crippen molar-refractivity contribution in [2.45, 2.75) is 13.8 Å². The van der Waals surface area contributed by atoms with Crippen LogP contribution in [-0.2, 0) is 0 Å². The van der Waals surface area contributed by atoms with Crippen LogP contribution in [0.25, 0.3) is 0 Å². The molecule has 2 N–H and O–H groups in total. The number of nitrogens with zero attached hydrogens (tertiary/aromatic N) is 2. The average Bonchev–Trinajstić information content (AvgIpc) is 2.89. The number of benzene rings is 1. The number of carbonyl (C=O) groups excluding carboxylic acids is 1. The van der Waals surface area contributed by atoms with E-state index in [-0.39, 0.29) is 5.91 Å². The predicted octanol–water partition coefficient (Wildman–Crippen LogP) is 2.62. The molecule has 0 bridgehead atoms. The Labute approximate surface area is 121 Å². The quantitative estimate of drug-likeness (QED) is 0.856. The van der Waals surface area contributed by atoms with Crippen molar-refractivity contribution < 1.29 is 9.53 Å². The van der Waals surface area contributed by atoms with Crippen LogP contribution in [0.1, 0.15) is 23.6 Å². The zero-order chi connectivity index (χ0) is 14.4. The van der Waals surface area contributed by atoms with Gasteiger partial charge in [-0.3, -0.25) is 4.79 Å². The molecule has 2 rings (SSSR count). The fraction of sp³-hybridized carbons (Fsp3) is 0.308. The molecular weight excluding hydrogens is 276 g/mol. The maximum atomic E-state index is 12.0. The van der Waals surface area contributed by atoms with E-state index in [9.17, 15) is 4.79 Å². The minimum absolute atomic E-state index is 0.277. The van der Waals surface area contributed by atoms with E-state index in [4.69, 9.17) is 4.74 Å². The lowest BCUT2D eigenvalue weighted by molar-refractivity contribution is 0.102. The predicted molar refractivity (Wildman–Crippen MR) is 79.6 cm³/mol. The smallest absolute Gasteiger partial charge is 0.286 e. The van der Waals surface area contributed by atoms with Gasteiger partial charge in [-0.25, -0.2) is 0 Å². The highest BCUT2D eigenvalue weighted by Gasteiger charge is 2.12. The highest BCUT2D eigenvalue weighted by atomic mass is 32.1. The molecule has 0 aliphatic rings. The van der Waals surface area contributed by atoms with Gasteiger partial charge in [0.15, 0.2) is 0 Å². The molecule has 0 aliphatic heterocycles. The SMILES string of the molecule is CCNc1nnc(C(=O)Nc2cccc(OCC)c2)s1. The molecule has 0 radical (unpaired) electrons. The fourth-order valence-electron chi connectivity index (χ4n) is 1.55. The first kappa shape index (κ1) is 14.3. The first-order valence-electron chi connectivity index (χ1n) is 6.34. The summed E-state index contributed by atoms with van der Waals surface area (Å²) in [6, 6.07) is 7.23. The van der Waals surface area contributed by atoms with Crippen LogP contribution in [0.5, 0.6) is 5.75 Å². The van der Waals surface area contributed by atoms with Crippen molar-refractivity contribution in [2.24, 2.45) is 0 Å². The summed E-state index contributed by atoms with van der Waals surface area (Å²) in [5, 5.41) is 14.5. The Morgan fingerprint density at radius 2 is 2.20 bits per heavy atom. The minimum Gasteiger partial charge on any atom is -0.494 e. The molecule has 0 unspecified atom stereocenters. The van der Waals surface area contributed by atoms with Gasteiger partial charge in [-0.2, -0.15) is 0 Å². The van der Waals surface area contributed by atoms with Gasteiger partial charge in [0.2, 0.25) is 10.1 Å². The van der Waals surface area contributed by atoms with Crippen LogP contribution in [0.15, 0.2) is 24.3 Å². The third kappa shape index (κ3) is 3.67. The number of hydrogen-bond acceptors (Lipinski definition) is 6. The monoisotopic (exact) mass is 292 g/mol. The fourth-order valence-corrected chi connectivity index (χ4v) is 2.26. The molecular formula is C13H16N4O2S. The molecule has 6 nitrogen and oxygen atoms in total. The Kier molecular flexibility index (Phi) is 4.89. The molecule has 1 aromatic carbocycles. The van der Waals surface area contributed by atoms with Crippen LogP contribution in [0.4, 0.5) is 10.8 Å². The summed E-state index contributed by atoms with van der Waals surface area (Å²) < 4.78 is 5.38. The molecule has 106 valence electrons. The molecule has 2 aromatic rings. The summed E-state index contributed by atoms with van der Waals surface area (Å²) in [4.78, 5) is 12.0. The van der Waals surface area contributed by atoms with Crippen LogP contribution in [0, 0.1) is 0 Å². The number of carbonyl (C=O) groups is 1. The highest BCUT2D eigenvalue weighted by Crippen LogP contribution is 2.20. The van der Waals surface area contributed by atoms with E-state index in [0.717, 1.165) is 12.3 Å². The highest BCUT2D eigenvalue weighted by molar-refractivity contribution is 7.17. The van der Waals surface area contributed by atoms with Gasteiger partial charge in [-0.15, -0.1) is 10.2 Å². The summed E-state index contributed by atoms with van der Waals surface area (Å²) in [5.41, 5.74) is 0.668. The van der Waals surface area contributed by atoms with Crippen LogP contribution in [0.3, 0.4) is 0 Å². The summed E-state index contributed by atoms with van der Waals surface area (Å²) in [5.74, 6) is 0.441. The van der Waals surface area contributed by atoms with Crippen molar-refractivity contribution in [3.63, 3.8) is 0 Å². The summed E-state index contributed by atoms with van der Waals surface area (Å²) in [6.07, 6.45) is 0. The Balaban J connectivity index is 2.04. The summed E-state index contributed by atoms with van der Waals surface area (Å²) in [7, 11) is 0.